The van der Waals surface area contributed by atoms with Crippen LogP contribution in [0.4, 0.5) is 0 Å². The molecule has 0 aliphatic carbocycles. The Bertz CT molecular complexity index is 343. The molecular weight excluding hydrogens is 222 g/mol. The van der Waals surface area contributed by atoms with Crippen LogP contribution in [0.1, 0.15) is 38.7 Å². The molecule has 1 heterocycles. The Balaban J connectivity index is 2.22. The molecule has 0 amide bonds. The van der Waals surface area contributed by atoms with Gasteiger partial charge in [0.1, 0.15) is 0 Å². The van der Waals surface area contributed by atoms with Crippen molar-refractivity contribution >= 4 is 0 Å². The first-order valence-corrected chi connectivity index (χ1v) is 7.16. The van der Waals surface area contributed by atoms with Gasteiger partial charge in [0.2, 0.25) is 0 Å². The van der Waals surface area contributed by atoms with Crippen molar-refractivity contribution in [2.24, 2.45) is 0 Å². The molecule has 0 spiro atoms. The van der Waals surface area contributed by atoms with Crippen molar-refractivity contribution in [3.8, 4) is 0 Å². The zero-order valence-electron chi connectivity index (χ0n) is 11.6. The lowest BCUT2D eigenvalue weighted by Gasteiger charge is -2.43. The maximum Gasteiger partial charge on any atom is 0.0475 e. The largest absolute Gasteiger partial charge is 0.381 e. The van der Waals surface area contributed by atoms with Crippen LogP contribution in [0, 0.1) is 0 Å². The van der Waals surface area contributed by atoms with E-state index in [0.29, 0.717) is 6.04 Å². The average Bonchev–Trinajstić information content (AvgIpc) is 2.46. The number of ether oxygens (including phenoxy) is 1. The summed E-state index contributed by atoms with van der Waals surface area (Å²) in [5, 5.41) is 3.69. The van der Waals surface area contributed by atoms with E-state index in [-0.39, 0.29) is 5.41 Å². The summed E-state index contributed by atoms with van der Waals surface area (Å²) < 4.78 is 5.57. The van der Waals surface area contributed by atoms with Gasteiger partial charge in [-0.15, -0.1) is 0 Å². The van der Waals surface area contributed by atoms with Gasteiger partial charge in [-0.05, 0) is 38.3 Å². The van der Waals surface area contributed by atoms with Gasteiger partial charge < -0.3 is 10.1 Å². The normalized spacial score (nSPS) is 20.6. The Morgan fingerprint density at radius 2 is 1.89 bits per heavy atom. The monoisotopic (exact) mass is 247 g/mol. The number of hydrogen-bond acceptors (Lipinski definition) is 2. The molecule has 2 rings (SSSR count). The van der Waals surface area contributed by atoms with Crippen LogP contribution in [0.25, 0.3) is 0 Å². The van der Waals surface area contributed by atoms with Crippen molar-refractivity contribution in [1.29, 1.82) is 0 Å². The van der Waals surface area contributed by atoms with Crippen molar-refractivity contribution in [2.75, 3.05) is 19.8 Å². The topological polar surface area (TPSA) is 21.3 Å². The molecule has 18 heavy (non-hydrogen) atoms. The summed E-state index contributed by atoms with van der Waals surface area (Å²) in [4.78, 5) is 0. The molecule has 0 radical (unpaired) electrons. The Morgan fingerprint density at radius 3 is 2.50 bits per heavy atom. The van der Waals surface area contributed by atoms with Crippen molar-refractivity contribution in [3.63, 3.8) is 0 Å². The van der Waals surface area contributed by atoms with E-state index in [0.717, 1.165) is 32.6 Å². The summed E-state index contributed by atoms with van der Waals surface area (Å²) >= 11 is 0. The maximum atomic E-state index is 5.57. The van der Waals surface area contributed by atoms with Gasteiger partial charge in [0, 0.05) is 24.7 Å². The lowest BCUT2D eigenvalue weighted by atomic mass is 9.69. The highest BCUT2D eigenvalue weighted by atomic mass is 16.5. The van der Waals surface area contributed by atoms with E-state index in [9.17, 15) is 0 Å². The van der Waals surface area contributed by atoms with Crippen LogP contribution < -0.4 is 5.32 Å². The molecule has 100 valence electrons. The molecule has 2 heteroatoms. The summed E-state index contributed by atoms with van der Waals surface area (Å²) in [6, 6.07) is 11.5. The molecular formula is C16H25NO. The molecule has 0 aromatic heterocycles. The number of nitrogens with one attached hydrogen (secondary N) is 1. The zero-order valence-corrected chi connectivity index (χ0v) is 11.6. The summed E-state index contributed by atoms with van der Waals surface area (Å²) in [6.45, 7) is 7.41. The molecule has 0 bridgehead atoms. The van der Waals surface area contributed by atoms with Crippen molar-refractivity contribution < 1.29 is 4.74 Å². The fourth-order valence-electron chi connectivity index (χ4n) is 3.03. The van der Waals surface area contributed by atoms with E-state index in [1.54, 1.807) is 0 Å². The third kappa shape index (κ3) is 2.76. The average molecular weight is 247 g/mol. The van der Waals surface area contributed by atoms with Crippen LogP contribution in [-0.4, -0.2) is 25.8 Å². The molecule has 1 aromatic rings. The van der Waals surface area contributed by atoms with E-state index in [1.165, 1.54) is 12.0 Å². The Labute approximate surface area is 111 Å². The van der Waals surface area contributed by atoms with Gasteiger partial charge in [-0.25, -0.2) is 0 Å². The minimum Gasteiger partial charge on any atom is -0.381 e. The summed E-state index contributed by atoms with van der Waals surface area (Å²) in [7, 11) is 0. The van der Waals surface area contributed by atoms with Crippen molar-refractivity contribution in [1.82, 2.24) is 5.32 Å². The van der Waals surface area contributed by atoms with Crippen molar-refractivity contribution in [2.45, 2.75) is 44.6 Å². The molecule has 1 aromatic carbocycles. The predicted molar refractivity (Wildman–Crippen MR) is 75.9 cm³/mol. The lowest BCUT2D eigenvalue weighted by molar-refractivity contribution is 0.0370. The van der Waals surface area contributed by atoms with Crippen LogP contribution in [0.2, 0.25) is 0 Å². The van der Waals surface area contributed by atoms with Crippen LogP contribution in [-0.2, 0) is 10.2 Å². The van der Waals surface area contributed by atoms with E-state index < -0.39 is 0 Å². The SMILES string of the molecule is CCCNC(C)C1(c2ccccc2)CCOCC1. The molecule has 0 saturated carbocycles. The maximum absolute atomic E-state index is 5.57. The van der Waals surface area contributed by atoms with Gasteiger partial charge in [0.15, 0.2) is 0 Å². The molecule has 1 unspecified atom stereocenters. The molecule has 1 aliphatic heterocycles. The summed E-state index contributed by atoms with van der Waals surface area (Å²) in [5.74, 6) is 0. The third-order valence-electron chi connectivity index (χ3n) is 4.26. The smallest absolute Gasteiger partial charge is 0.0475 e. The summed E-state index contributed by atoms with van der Waals surface area (Å²) in [5.41, 5.74) is 1.71. The first-order chi connectivity index (χ1) is 8.79. The molecule has 1 aliphatic rings. The van der Waals surface area contributed by atoms with Gasteiger partial charge in [-0.3, -0.25) is 0 Å². The number of benzene rings is 1. The Kier molecular flexibility index (Phi) is 4.79. The zero-order chi connectivity index (χ0) is 12.8. The highest BCUT2D eigenvalue weighted by Crippen LogP contribution is 2.37. The van der Waals surface area contributed by atoms with Gasteiger partial charge >= 0.3 is 0 Å². The second-order valence-corrected chi connectivity index (χ2v) is 5.31. The van der Waals surface area contributed by atoms with Gasteiger partial charge in [-0.1, -0.05) is 37.3 Å². The van der Waals surface area contributed by atoms with Crippen LogP contribution >= 0.6 is 0 Å². The second-order valence-electron chi connectivity index (χ2n) is 5.31. The molecule has 1 atom stereocenters. The number of hydrogen-bond donors (Lipinski definition) is 1. The highest BCUT2D eigenvalue weighted by Gasteiger charge is 2.39. The van der Waals surface area contributed by atoms with E-state index >= 15 is 0 Å². The first-order valence-electron chi connectivity index (χ1n) is 7.16. The second kappa shape index (κ2) is 6.35. The van der Waals surface area contributed by atoms with E-state index in [2.05, 4.69) is 49.5 Å². The fraction of sp³-hybridized carbons (Fsp3) is 0.625. The summed E-state index contributed by atoms with van der Waals surface area (Å²) in [6.07, 6.45) is 3.43. The fourth-order valence-corrected chi connectivity index (χ4v) is 3.03. The third-order valence-corrected chi connectivity index (χ3v) is 4.26. The molecule has 1 fully saturated rings. The van der Waals surface area contributed by atoms with Crippen LogP contribution in [0.3, 0.4) is 0 Å². The molecule has 1 N–H and O–H groups in total. The van der Waals surface area contributed by atoms with Crippen LogP contribution in [0.15, 0.2) is 30.3 Å². The number of rotatable bonds is 5. The van der Waals surface area contributed by atoms with E-state index in [4.69, 9.17) is 4.74 Å². The lowest BCUT2D eigenvalue weighted by Crippen LogP contribution is -2.50. The predicted octanol–water partition coefficient (Wildman–Crippen LogP) is 3.12. The molecule has 2 nitrogen and oxygen atoms in total. The Morgan fingerprint density at radius 1 is 1.22 bits per heavy atom. The van der Waals surface area contributed by atoms with Gasteiger partial charge in [0.05, 0.1) is 0 Å². The minimum atomic E-state index is 0.245. The van der Waals surface area contributed by atoms with Gasteiger partial charge in [-0.2, -0.15) is 0 Å². The Hall–Kier alpha value is -0.860. The highest BCUT2D eigenvalue weighted by molar-refractivity contribution is 5.28. The molecule has 1 saturated heterocycles. The van der Waals surface area contributed by atoms with E-state index in [1.807, 2.05) is 0 Å². The standard InChI is InChI=1S/C16H25NO/c1-3-11-17-14(2)16(9-12-18-13-10-16)15-7-5-4-6-8-15/h4-8,14,17H,3,9-13H2,1-2H3. The minimum absolute atomic E-state index is 0.245. The van der Waals surface area contributed by atoms with Crippen molar-refractivity contribution in [3.05, 3.63) is 35.9 Å². The first kappa shape index (κ1) is 13.6. The van der Waals surface area contributed by atoms with Crippen LogP contribution in [0.5, 0.6) is 0 Å². The van der Waals surface area contributed by atoms with Gasteiger partial charge in [0.25, 0.3) is 0 Å². The quantitative estimate of drug-likeness (QED) is 0.863.